The summed E-state index contributed by atoms with van der Waals surface area (Å²) in [5.74, 6) is 1.17. The van der Waals surface area contributed by atoms with E-state index in [1.807, 2.05) is 24.3 Å². The number of thioether (sulfide) groups is 1. The third-order valence-corrected chi connectivity index (χ3v) is 5.00. The Labute approximate surface area is 144 Å². The zero-order valence-corrected chi connectivity index (χ0v) is 13.9. The Bertz CT molecular complexity index is 725. The Kier molecular flexibility index (Phi) is 5.05. The number of hydrogen-bond donors (Lipinski definition) is 1. The van der Waals surface area contributed by atoms with Gasteiger partial charge in [0.25, 0.3) is 5.91 Å². The van der Waals surface area contributed by atoms with Crippen LogP contribution in [0.3, 0.4) is 0 Å². The van der Waals surface area contributed by atoms with Gasteiger partial charge in [-0.2, -0.15) is 0 Å². The van der Waals surface area contributed by atoms with E-state index in [0.717, 1.165) is 11.3 Å². The molecular formula is C18H18N2O3S. The molecule has 1 aliphatic rings. The molecule has 1 aromatic carbocycles. The smallest absolute Gasteiger partial charge is 0.251 e. The van der Waals surface area contributed by atoms with Crippen LogP contribution < -0.4 is 5.32 Å². The first kappa shape index (κ1) is 16.4. The van der Waals surface area contributed by atoms with Crippen LogP contribution in [0.2, 0.25) is 0 Å². The van der Waals surface area contributed by atoms with Crippen LogP contribution >= 0.6 is 11.8 Å². The fraction of sp³-hybridized carbons (Fsp3) is 0.222. The van der Waals surface area contributed by atoms with Crippen molar-refractivity contribution in [2.24, 2.45) is 0 Å². The number of carbonyl (C=O) groups is 2. The quantitative estimate of drug-likeness (QED) is 0.820. The molecule has 0 spiro atoms. The molecule has 6 heteroatoms. The minimum atomic E-state index is -0.135. The van der Waals surface area contributed by atoms with Crippen molar-refractivity contribution in [2.45, 2.75) is 11.9 Å². The maximum absolute atomic E-state index is 12.2. The summed E-state index contributed by atoms with van der Waals surface area (Å²) in [5, 5.41) is 2.68. The monoisotopic (exact) mass is 342 g/mol. The SMILES string of the molecule is C=CCNC(=O)c1ccc(C2SCC(=O)N2Cc2ccco2)cc1. The van der Waals surface area contributed by atoms with Gasteiger partial charge in [0, 0.05) is 12.1 Å². The second-order valence-corrected chi connectivity index (χ2v) is 6.45. The van der Waals surface area contributed by atoms with Crippen molar-refractivity contribution < 1.29 is 14.0 Å². The molecule has 1 aromatic heterocycles. The van der Waals surface area contributed by atoms with Crippen LogP contribution in [0.15, 0.2) is 59.7 Å². The molecule has 1 fully saturated rings. The number of hydrogen-bond acceptors (Lipinski definition) is 4. The summed E-state index contributed by atoms with van der Waals surface area (Å²) in [6.45, 7) is 4.46. The van der Waals surface area contributed by atoms with Crippen molar-refractivity contribution in [1.29, 1.82) is 0 Å². The lowest BCUT2D eigenvalue weighted by Gasteiger charge is -2.23. The molecule has 2 heterocycles. The van der Waals surface area contributed by atoms with E-state index in [-0.39, 0.29) is 17.2 Å². The van der Waals surface area contributed by atoms with Crippen LogP contribution in [0.1, 0.15) is 27.1 Å². The normalized spacial score (nSPS) is 17.1. The first-order valence-corrected chi connectivity index (χ1v) is 8.66. The second kappa shape index (κ2) is 7.40. The average Bonchev–Trinajstić information content (AvgIpc) is 3.24. The lowest BCUT2D eigenvalue weighted by Crippen LogP contribution is -2.27. The molecular weight excluding hydrogens is 324 g/mol. The average molecular weight is 342 g/mol. The third kappa shape index (κ3) is 3.54. The summed E-state index contributed by atoms with van der Waals surface area (Å²) in [4.78, 5) is 25.9. The van der Waals surface area contributed by atoms with Crippen LogP contribution in [-0.2, 0) is 11.3 Å². The molecule has 2 aromatic rings. The minimum Gasteiger partial charge on any atom is -0.467 e. The summed E-state index contributed by atoms with van der Waals surface area (Å²) in [5.41, 5.74) is 1.59. The fourth-order valence-corrected chi connectivity index (χ4v) is 3.73. The summed E-state index contributed by atoms with van der Waals surface area (Å²) >= 11 is 1.58. The highest BCUT2D eigenvalue weighted by molar-refractivity contribution is 8.00. The zero-order chi connectivity index (χ0) is 16.9. The first-order valence-electron chi connectivity index (χ1n) is 7.61. The topological polar surface area (TPSA) is 62.6 Å². The van der Waals surface area contributed by atoms with E-state index in [9.17, 15) is 9.59 Å². The van der Waals surface area contributed by atoms with Crippen LogP contribution in [0.25, 0.3) is 0 Å². The molecule has 3 rings (SSSR count). The Balaban J connectivity index is 1.73. The summed E-state index contributed by atoms with van der Waals surface area (Å²) < 4.78 is 5.35. The number of furan rings is 1. The van der Waals surface area contributed by atoms with Crippen LogP contribution in [0.5, 0.6) is 0 Å². The predicted molar refractivity (Wildman–Crippen MR) is 93.4 cm³/mol. The third-order valence-electron chi connectivity index (χ3n) is 3.74. The largest absolute Gasteiger partial charge is 0.467 e. The van der Waals surface area contributed by atoms with Crippen LogP contribution in [0.4, 0.5) is 0 Å². The van der Waals surface area contributed by atoms with Gasteiger partial charge in [-0.25, -0.2) is 0 Å². The Hall–Kier alpha value is -2.47. The molecule has 1 unspecified atom stereocenters. The molecule has 1 atom stereocenters. The van der Waals surface area contributed by atoms with Gasteiger partial charge in [-0.1, -0.05) is 18.2 Å². The number of benzene rings is 1. The molecule has 0 aliphatic carbocycles. The van der Waals surface area contributed by atoms with Gasteiger partial charge in [0.1, 0.15) is 11.1 Å². The van der Waals surface area contributed by atoms with Gasteiger partial charge in [-0.05, 0) is 29.8 Å². The van der Waals surface area contributed by atoms with E-state index >= 15 is 0 Å². The number of carbonyl (C=O) groups excluding carboxylic acids is 2. The molecule has 1 saturated heterocycles. The molecule has 0 bridgehead atoms. The van der Waals surface area contributed by atoms with Crippen LogP contribution in [0, 0.1) is 0 Å². The Morgan fingerprint density at radius 2 is 2.17 bits per heavy atom. The van der Waals surface area contributed by atoms with Gasteiger partial charge < -0.3 is 14.6 Å². The molecule has 0 radical (unpaired) electrons. The highest BCUT2D eigenvalue weighted by Gasteiger charge is 2.33. The first-order chi connectivity index (χ1) is 11.7. The lowest BCUT2D eigenvalue weighted by molar-refractivity contribution is -0.128. The number of rotatable bonds is 6. The van der Waals surface area contributed by atoms with E-state index < -0.39 is 0 Å². The maximum Gasteiger partial charge on any atom is 0.251 e. The molecule has 1 aliphatic heterocycles. The van der Waals surface area contributed by atoms with Crippen molar-refractivity contribution in [3.05, 3.63) is 72.2 Å². The number of amides is 2. The molecule has 5 nitrogen and oxygen atoms in total. The fourth-order valence-electron chi connectivity index (χ4n) is 2.54. The number of nitrogens with zero attached hydrogens (tertiary/aromatic N) is 1. The van der Waals surface area contributed by atoms with Gasteiger partial charge in [0.05, 0.1) is 18.6 Å². The van der Waals surface area contributed by atoms with Crippen molar-refractivity contribution in [1.82, 2.24) is 10.2 Å². The van der Waals surface area contributed by atoms with Crippen molar-refractivity contribution in [2.75, 3.05) is 12.3 Å². The van der Waals surface area contributed by atoms with E-state index in [0.29, 0.717) is 24.4 Å². The zero-order valence-electron chi connectivity index (χ0n) is 13.1. The summed E-state index contributed by atoms with van der Waals surface area (Å²) in [7, 11) is 0. The van der Waals surface area contributed by atoms with Gasteiger partial charge in [-0.3, -0.25) is 9.59 Å². The highest BCUT2D eigenvalue weighted by atomic mass is 32.2. The van der Waals surface area contributed by atoms with Gasteiger partial charge in [0.15, 0.2) is 0 Å². The molecule has 124 valence electrons. The Morgan fingerprint density at radius 1 is 1.38 bits per heavy atom. The van der Waals surface area contributed by atoms with E-state index in [4.69, 9.17) is 4.42 Å². The van der Waals surface area contributed by atoms with Crippen molar-refractivity contribution >= 4 is 23.6 Å². The molecule has 24 heavy (non-hydrogen) atoms. The molecule has 2 amide bonds. The van der Waals surface area contributed by atoms with Gasteiger partial charge in [0.2, 0.25) is 5.91 Å². The maximum atomic E-state index is 12.2. The molecule has 1 N–H and O–H groups in total. The van der Waals surface area contributed by atoms with Gasteiger partial charge in [-0.15, -0.1) is 18.3 Å². The van der Waals surface area contributed by atoms with E-state index in [1.54, 1.807) is 41.1 Å². The number of nitrogens with one attached hydrogen (secondary N) is 1. The minimum absolute atomic E-state index is 0.0621. The van der Waals surface area contributed by atoms with Crippen molar-refractivity contribution in [3.8, 4) is 0 Å². The van der Waals surface area contributed by atoms with E-state index in [1.165, 1.54) is 0 Å². The lowest BCUT2D eigenvalue weighted by atomic mass is 10.1. The summed E-state index contributed by atoms with van der Waals surface area (Å²) in [6, 6.07) is 11.0. The highest BCUT2D eigenvalue weighted by Crippen LogP contribution is 2.39. The predicted octanol–water partition coefficient (Wildman–Crippen LogP) is 2.97. The van der Waals surface area contributed by atoms with Crippen LogP contribution in [-0.4, -0.2) is 29.0 Å². The standard InChI is InChI=1S/C18H18N2O3S/c1-2-9-19-17(22)13-5-7-14(8-6-13)18-20(16(21)12-24-18)11-15-4-3-10-23-15/h2-8,10,18H,1,9,11-12H2,(H,19,22). The Morgan fingerprint density at radius 3 is 2.83 bits per heavy atom. The van der Waals surface area contributed by atoms with Gasteiger partial charge >= 0.3 is 0 Å². The van der Waals surface area contributed by atoms with E-state index in [2.05, 4.69) is 11.9 Å². The summed E-state index contributed by atoms with van der Waals surface area (Å²) in [6.07, 6.45) is 3.24. The van der Waals surface area contributed by atoms with Crippen molar-refractivity contribution in [3.63, 3.8) is 0 Å². The molecule has 0 saturated carbocycles. The second-order valence-electron chi connectivity index (χ2n) is 5.39.